The van der Waals surface area contributed by atoms with Crippen LogP contribution in [0.3, 0.4) is 0 Å². The van der Waals surface area contributed by atoms with Gasteiger partial charge in [0.2, 0.25) is 0 Å². The first-order chi connectivity index (χ1) is 8.87. The number of rotatable bonds is 3. The smallest absolute Gasteiger partial charge is 0.156 e. The van der Waals surface area contributed by atoms with Crippen LogP contribution in [0, 0.1) is 5.41 Å². The largest absolute Gasteiger partial charge is 0.388 e. The minimum absolute atomic E-state index is 0.0125. The molecular formula is C16H19ClO2. The third-order valence-corrected chi connectivity index (χ3v) is 3.79. The zero-order valence-electron chi connectivity index (χ0n) is 11.3. The molecule has 1 aliphatic carbocycles. The van der Waals surface area contributed by atoms with Gasteiger partial charge in [-0.3, -0.25) is 4.79 Å². The average Bonchev–Trinajstić information content (AvgIpc) is 2.26. The highest BCUT2D eigenvalue weighted by Gasteiger charge is 2.28. The van der Waals surface area contributed by atoms with Crippen LogP contribution in [0.1, 0.15) is 44.8 Å². The highest BCUT2D eigenvalue weighted by Crippen LogP contribution is 2.37. The number of allylic oxidation sites excluding steroid dienone is 1. The van der Waals surface area contributed by atoms with Crippen molar-refractivity contribution < 1.29 is 9.90 Å². The van der Waals surface area contributed by atoms with Crippen molar-refractivity contribution in [3.63, 3.8) is 0 Å². The lowest BCUT2D eigenvalue weighted by molar-refractivity contribution is -0.117. The van der Waals surface area contributed by atoms with Crippen LogP contribution in [0.15, 0.2) is 35.9 Å². The van der Waals surface area contributed by atoms with E-state index >= 15 is 0 Å². The molecule has 3 heteroatoms. The Morgan fingerprint density at radius 1 is 1.32 bits per heavy atom. The predicted molar refractivity (Wildman–Crippen MR) is 77.1 cm³/mol. The maximum Gasteiger partial charge on any atom is 0.156 e. The van der Waals surface area contributed by atoms with Gasteiger partial charge in [0.25, 0.3) is 0 Å². The van der Waals surface area contributed by atoms with Crippen LogP contribution in [0.5, 0.6) is 0 Å². The van der Waals surface area contributed by atoms with Gasteiger partial charge in [-0.15, -0.1) is 0 Å². The molecule has 0 saturated carbocycles. The molecule has 0 spiro atoms. The molecule has 1 aromatic carbocycles. The van der Waals surface area contributed by atoms with Crippen LogP contribution in [0.2, 0.25) is 5.02 Å². The van der Waals surface area contributed by atoms with Gasteiger partial charge in [0.1, 0.15) is 0 Å². The van der Waals surface area contributed by atoms with Gasteiger partial charge >= 0.3 is 0 Å². The molecule has 2 nitrogen and oxygen atoms in total. The van der Waals surface area contributed by atoms with Gasteiger partial charge in [0.15, 0.2) is 5.78 Å². The fourth-order valence-electron chi connectivity index (χ4n) is 2.71. The van der Waals surface area contributed by atoms with Gasteiger partial charge in [0.05, 0.1) is 6.10 Å². The highest BCUT2D eigenvalue weighted by molar-refractivity contribution is 6.31. The molecule has 0 saturated heterocycles. The molecule has 2 rings (SSSR count). The number of aliphatic hydroxyl groups is 1. The molecular weight excluding hydrogens is 260 g/mol. The van der Waals surface area contributed by atoms with Crippen molar-refractivity contribution in [2.75, 3.05) is 0 Å². The zero-order valence-corrected chi connectivity index (χ0v) is 12.1. The number of carbonyl (C=O) groups is 1. The number of benzene rings is 1. The molecule has 0 aromatic heterocycles. The van der Waals surface area contributed by atoms with Crippen molar-refractivity contribution >= 4 is 17.4 Å². The van der Waals surface area contributed by atoms with Crippen molar-refractivity contribution in [3.05, 3.63) is 46.5 Å². The lowest BCUT2D eigenvalue weighted by atomic mass is 9.75. The molecule has 0 aliphatic heterocycles. The van der Waals surface area contributed by atoms with E-state index in [0.29, 0.717) is 17.9 Å². The van der Waals surface area contributed by atoms with Gasteiger partial charge in [-0.05, 0) is 36.0 Å². The number of hydrogen-bond donors (Lipinski definition) is 1. The lowest BCUT2D eigenvalue weighted by Crippen LogP contribution is -2.22. The van der Waals surface area contributed by atoms with Crippen molar-refractivity contribution in [2.45, 2.75) is 39.2 Å². The second-order valence-electron chi connectivity index (χ2n) is 6.03. The van der Waals surface area contributed by atoms with Gasteiger partial charge in [-0.25, -0.2) is 0 Å². The van der Waals surface area contributed by atoms with E-state index in [2.05, 4.69) is 13.8 Å². The van der Waals surface area contributed by atoms with E-state index in [1.807, 2.05) is 18.2 Å². The van der Waals surface area contributed by atoms with Crippen LogP contribution in [0.25, 0.3) is 0 Å². The Morgan fingerprint density at radius 3 is 2.63 bits per heavy atom. The maximum atomic E-state index is 11.7. The summed E-state index contributed by atoms with van der Waals surface area (Å²) in [6, 6.07) is 7.29. The van der Waals surface area contributed by atoms with Gasteiger partial charge < -0.3 is 5.11 Å². The van der Waals surface area contributed by atoms with E-state index in [9.17, 15) is 9.90 Å². The number of ketones is 1. The summed E-state index contributed by atoms with van der Waals surface area (Å²) in [6.45, 7) is 4.17. The summed E-state index contributed by atoms with van der Waals surface area (Å²) in [6.07, 6.45) is 2.94. The van der Waals surface area contributed by atoms with E-state index in [0.717, 1.165) is 17.6 Å². The fourth-order valence-corrected chi connectivity index (χ4v) is 2.97. The molecule has 1 unspecified atom stereocenters. The number of hydrogen-bond acceptors (Lipinski definition) is 2. The van der Waals surface area contributed by atoms with Gasteiger partial charge in [-0.1, -0.05) is 49.2 Å². The monoisotopic (exact) mass is 278 g/mol. The van der Waals surface area contributed by atoms with Crippen LogP contribution in [0.4, 0.5) is 0 Å². The quantitative estimate of drug-likeness (QED) is 0.905. The maximum absolute atomic E-state index is 11.7. The zero-order chi connectivity index (χ0) is 14.0. The molecule has 102 valence electrons. The topological polar surface area (TPSA) is 37.3 Å². The van der Waals surface area contributed by atoms with E-state index < -0.39 is 6.10 Å². The molecule has 1 atom stereocenters. The second-order valence-corrected chi connectivity index (χ2v) is 6.44. The Morgan fingerprint density at radius 2 is 2.00 bits per heavy atom. The second kappa shape index (κ2) is 5.48. The summed E-state index contributed by atoms with van der Waals surface area (Å²) in [5, 5.41) is 10.8. The minimum atomic E-state index is -0.651. The molecule has 0 radical (unpaired) electrons. The molecule has 0 amide bonds. The molecule has 1 aromatic rings. The summed E-state index contributed by atoms with van der Waals surface area (Å²) >= 11 is 6.08. The van der Waals surface area contributed by atoms with Gasteiger partial charge in [0, 0.05) is 11.4 Å². The Kier molecular flexibility index (Phi) is 4.12. The van der Waals surface area contributed by atoms with Crippen molar-refractivity contribution in [3.8, 4) is 0 Å². The van der Waals surface area contributed by atoms with E-state index in [1.54, 1.807) is 12.1 Å². The van der Waals surface area contributed by atoms with Crippen LogP contribution in [-0.2, 0) is 4.79 Å². The fraction of sp³-hybridized carbons (Fsp3) is 0.438. The number of carbonyl (C=O) groups excluding carboxylic acids is 1. The third kappa shape index (κ3) is 3.68. The van der Waals surface area contributed by atoms with Crippen molar-refractivity contribution in [2.24, 2.45) is 5.41 Å². The predicted octanol–water partition coefficient (Wildman–Crippen LogP) is 4.08. The molecule has 0 fully saturated rings. The van der Waals surface area contributed by atoms with E-state index in [4.69, 9.17) is 11.6 Å². The van der Waals surface area contributed by atoms with Crippen molar-refractivity contribution in [1.82, 2.24) is 0 Å². The Balaban J connectivity index is 2.13. The summed E-state index contributed by atoms with van der Waals surface area (Å²) in [7, 11) is 0. The number of aliphatic hydroxyl groups excluding tert-OH is 1. The Bertz CT molecular complexity index is 517. The standard InChI is InChI=1S/C16H19ClO2/c1-16(2)9-11(7-12(18)10-16)8-15(19)13-5-3-4-6-14(13)17/h3-7,15,19H,8-10H2,1-2H3. The molecule has 19 heavy (non-hydrogen) atoms. The van der Waals surface area contributed by atoms with Crippen LogP contribution < -0.4 is 0 Å². The summed E-state index contributed by atoms with van der Waals surface area (Å²) < 4.78 is 0. The summed E-state index contributed by atoms with van der Waals surface area (Å²) in [5.74, 6) is 0.151. The van der Waals surface area contributed by atoms with Crippen LogP contribution in [-0.4, -0.2) is 10.9 Å². The molecule has 0 heterocycles. The lowest BCUT2D eigenvalue weighted by Gasteiger charge is -2.29. The Labute approximate surface area is 119 Å². The first kappa shape index (κ1) is 14.3. The first-order valence-corrected chi connectivity index (χ1v) is 6.90. The average molecular weight is 279 g/mol. The SMILES string of the molecule is CC1(C)CC(=O)C=C(CC(O)c2ccccc2Cl)C1. The normalized spacial score (nSPS) is 20.0. The number of halogens is 1. The summed E-state index contributed by atoms with van der Waals surface area (Å²) in [4.78, 5) is 11.7. The van der Waals surface area contributed by atoms with Crippen LogP contribution >= 0.6 is 11.6 Å². The molecule has 1 aliphatic rings. The first-order valence-electron chi connectivity index (χ1n) is 6.52. The summed E-state index contributed by atoms with van der Waals surface area (Å²) in [5.41, 5.74) is 1.72. The highest BCUT2D eigenvalue weighted by atomic mass is 35.5. The molecule has 1 N–H and O–H groups in total. The third-order valence-electron chi connectivity index (χ3n) is 3.44. The minimum Gasteiger partial charge on any atom is -0.388 e. The van der Waals surface area contributed by atoms with Gasteiger partial charge in [-0.2, -0.15) is 0 Å². The van der Waals surface area contributed by atoms with E-state index in [1.165, 1.54) is 0 Å². The van der Waals surface area contributed by atoms with Crippen molar-refractivity contribution in [1.29, 1.82) is 0 Å². The molecule has 0 bridgehead atoms. The Hall–Kier alpha value is -1.12. The van der Waals surface area contributed by atoms with E-state index in [-0.39, 0.29) is 11.2 Å².